The summed E-state index contributed by atoms with van der Waals surface area (Å²) in [6.07, 6.45) is 1.51. The molecule has 0 unspecified atom stereocenters. The first-order valence-corrected chi connectivity index (χ1v) is 6.07. The standard InChI is InChI=1S/C12H9BrN2O4/c13-10-4-3-9(15(17)18)6-11(10)19-12-8(7-16)2-1-5-14-12/h1-6,16H,7H2. The number of hydrogen-bond acceptors (Lipinski definition) is 5. The molecule has 0 aliphatic heterocycles. The molecule has 1 aromatic carbocycles. The molecule has 2 rings (SSSR count). The fourth-order valence-electron chi connectivity index (χ4n) is 1.42. The molecule has 0 spiro atoms. The number of non-ortho nitro benzene ring substituents is 1. The van der Waals surface area contributed by atoms with Crippen LogP contribution < -0.4 is 4.74 Å². The van der Waals surface area contributed by atoms with Crippen molar-refractivity contribution in [3.63, 3.8) is 0 Å². The van der Waals surface area contributed by atoms with E-state index in [4.69, 9.17) is 9.84 Å². The zero-order valence-electron chi connectivity index (χ0n) is 9.62. The van der Waals surface area contributed by atoms with Gasteiger partial charge in [-0.25, -0.2) is 4.98 Å². The molecule has 0 fully saturated rings. The third-order valence-corrected chi connectivity index (χ3v) is 3.01. The Balaban J connectivity index is 2.37. The molecule has 1 aromatic heterocycles. The van der Waals surface area contributed by atoms with Gasteiger partial charge in [0.25, 0.3) is 5.69 Å². The average molecular weight is 325 g/mol. The molecule has 0 bridgehead atoms. The number of nitrogens with zero attached hydrogens (tertiary/aromatic N) is 2. The van der Waals surface area contributed by atoms with Crippen molar-refractivity contribution in [3.05, 3.63) is 56.7 Å². The Morgan fingerprint density at radius 1 is 1.42 bits per heavy atom. The summed E-state index contributed by atoms with van der Waals surface area (Å²) >= 11 is 3.25. The molecule has 98 valence electrons. The monoisotopic (exact) mass is 324 g/mol. The van der Waals surface area contributed by atoms with E-state index in [1.165, 1.54) is 24.4 Å². The van der Waals surface area contributed by atoms with E-state index in [1.807, 2.05) is 0 Å². The predicted octanol–water partition coefficient (Wildman–Crippen LogP) is 3.04. The van der Waals surface area contributed by atoms with Crippen LogP contribution in [0.25, 0.3) is 0 Å². The van der Waals surface area contributed by atoms with E-state index in [9.17, 15) is 10.1 Å². The normalized spacial score (nSPS) is 10.2. The smallest absolute Gasteiger partial charge is 0.273 e. The van der Waals surface area contributed by atoms with E-state index < -0.39 is 4.92 Å². The lowest BCUT2D eigenvalue weighted by molar-refractivity contribution is -0.384. The molecular formula is C12H9BrN2O4. The van der Waals surface area contributed by atoms with Gasteiger partial charge in [0.1, 0.15) is 0 Å². The summed E-state index contributed by atoms with van der Waals surface area (Å²) < 4.78 is 6.06. The van der Waals surface area contributed by atoms with Gasteiger partial charge in [-0.3, -0.25) is 10.1 Å². The summed E-state index contributed by atoms with van der Waals surface area (Å²) in [4.78, 5) is 14.2. The van der Waals surface area contributed by atoms with E-state index in [0.29, 0.717) is 10.0 Å². The Kier molecular flexibility index (Phi) is 4.08. The van der Waals surface area contributed by atoms with Crippen molar-refractivity contribution in [1.82, 2.24) is 4.98 Å². The van der Waals surface area contributed by atoms with Gasteiger partial charge in [0, 0.05) is 17.8 Å². The maximum atomic E-state index is 10.7. The fraction of sp³-hybridized carbons (Fsp3) is 0.0833. The summed E-state index contributed by atoms with van der Waals surface area (Å²) in [5.41, 5.74) is 0.417. The first kappa shape index (κ1) is 13.4. The average Bonchev–Trinajstić information content (AvgIpc) is 2.41. The lowest BCUT2D eigenvalue weighted by Gasteiger charge is -2.09. The molecule has 0 radical (unpaired) electrons. The van der Waals surface area contributed by atoms with Gasteiger partial charge in [0.05, 0.1) is 22.1 Å². The van der Waals surface area contributed by atoms with Crippen molar-refractivity contribution >= 4 is 21.6 Å². The van der Waals surface area contributed by atoms with Gasteiger partial charge in [0.15, 0.2) is 5.75 Å². The van der Waals surface area contributed by atoms with Crippen LogP contribution in [0.5, 0.6) is 11.6 Å². The van der Waals surface area contributed by atoms with Crippen LogP contribution in [0.15, 0.2) is 41.0 Å². The van der Waals surface area contributed by atoms with Crippen LogP contribution >= 0.6 is 15.9 Å². The Labute approximate surface area is 117 Å². The summed E-state index contributed by atoms with van der Waals surface area (Å²) in [7, 11) is 0. The minimum absolute atomic E-state index is 0.0836. The van der Waals surface area contributed by atoms with Crippen LogP contribution in [-0.4, -0.2) is 15.0 Å². The molecule has 0 atom stereocenters. The van der Waals surface area contributed by atoms with Crippen molar-refractivity contribution in [2.24, 2.45) is 0 Å². The second kappa shape index (κ2) is 5.77. The number of aromatic nitrogens is 1. The Hall–Kier alpha value is -1.99. The molecule has 7 heteroatoms. The fourth-order valence-corrected chi connectivity index (χ4v) is 1.75. The number of aliphatic hydroxyl groups excluding tert-OH is 1. The number of ether oxygens (including phenoxy) is 1. The first-order chi connectivity index (χ1) is 9.11. The van der Waals surface area contributed by atoms with Gasteiger partial charge in [-0.1, -0.05) is 0 Å². The number of benzene rings is 1. The highest BCUT2D eigenvalue weighted by molar-refractivity contribution is 9.10. The minimum Gasteiger partial charge on any atom is -0.437 e. The number of nitro groups is 1. The number of aliphatic hydroxyl groups is 1. The van der Waals surface area contributed by atoms with Crippen LogP contribution in [0.2, 0.25) is 0 Å². The van der Waals surface area contributed by atoms with Gasteiger partial charge in [-0.2, -0.15) is 0 Å². The van der Waals surface area contributed by atoms with Crippen LogP contribution in [0.1, 0.15) is 5.56 Å². The third kappa shape index (κ3) is 3.07. The molecule has 6 nitrogen and oxygen atoms in total. The zero-order chi connectivity index (χ0) is 13.8. The third-order valence-electron chi connectivity index (χ3n) is 2.35. The highest BCUT2D eigenvalue weighted by atomic mass is 79.9. The van der Waals surface area contributed by atoms with Crippen LogP contribution in [0.4, 0.5) is 5.69 Å². The molecule has 1 N–H and O–H groups in total. The molecular weight excluding hydrogens is 316 g/mol. The molecule has 0 aliphatic rings. The van der Waals surface area contributed by atoms with Crippen molar-refractivity contribution < 1.29 is 14.8 Å². The predicted molar refractivity (Wildman–Crippen MR) is 71.0 cm³/mol. The zero-order valence-corrected chi connectivity index (χ0v) is 11.2. The van der Waals surface area contributed by atoms with E-state index in [-0.39, 0.29) is 23.9 Å². The maximum Gasteiger partial charge on any atom is 0.273 e. The van der Waals surface area contributed by atoms with E-state index >= 15 is 0 Å². The topological polar surface area (TPSA) is 85.5 Å². The second-order valence-electron chi connectivity index (χ2n) is 3.60. The molecule has 0 saturated carbocycles. The highest BCUT2D eigenvalue weighted by Crippen LogP contribution is 2.33. The lowest BCUT2D eigenvalue weighted by atomic mass is 10.3. The summed E-state index contributed by atoms with van der Waals surface area (Å²) in [6.45, 7) is -0.226. The van der Waals surface area contributed by atoms with Gasteiger partial charge in [0.2, 0.25) is 5.88 Å². The van der Waals surface area contributed by atoms with Crippen LogP contribution in [0, 0.1) is 10.1 Å². The Bertz CT molecular complexity index is 618. The SMILES string of the molecule is O=[N+]([O-])c1ccc(Br)c(Oc2ncccc2CO)c1. The van der Waals surface area contributed by atoms with Crippen LogP contribution in [0.3, 0.4) is 0 Å². The van der Waals surface area contributed by atoms with Gasteiger partial charge < -0.3 is 9.84 Å². The van der Waals surface area contributed by atoms with Crippen molar-refractivity contribution in [2.75, 3.05) is 0 Å². The molecule has 1 heterocycles. The molecule has 2 aromatic rings. The van der Waals surface area contributed by atoms with Gasteiger partial charge in [-0.15, -0.1) is 0 Å². The number of rotatable bonds is 4. The van der Waals surface area contributed by atoms with Crippen molar-refractivity contribution in [1.29, 1.82) is 0 Å². The van der Waals surface area contributed by atoms with Crippen molar-refractivity contribution in [3.8, 4) is 11.6 Å². The Morgan fingerprint density at radius 2 is 2.21 bits per heavy atom. The van der Waals surface area contributed by atoms with Crippen molar-refractivity contribution in [2.45, 2.75) is 6.61 Å². The number of hydrogen-bond donors (Lipinski definition) is 1. The van der Waals surface area contributed by atoms with E-state index in [0.717, 1.165) is 0 Å². The summed E-state index contributed by atoms with van der Waals surface area (Å²) in [6, 6.07) is 7.51. The molecule has 0 saturated heterocycles. The largest absolute Gasteiger partial charge is 0.437 e. The lowest BCUT2D eigenvalue weighted by Crippen LogP contribution is -1.96. The maximum absolute atomic E-state index is 10.7. The van der Waals surface area contributed by atoms with Gasteiger partial charge in [-0.05, 0) is 34.1 Å². The summed E-state index contributed by atoms with van der Waals surface area (Å²) in [5, 5.41) is 19.9. The second-order valence-corrected chi connectivity index (χ2v) is 4.45. The highest BCUT2D eigenvalue weighted by Gasteiger charge is 2.13. The van der Waals surface area contributed by atoms with E-state index in [2.05, 4.69) is 20.9 Å². The summed E-state index contributed by atoms with van der Waals surface area (Å²) in [5.74, 6) is 0.480. The Morgan fingerprint density at radius 3 is 2.89 bits per heavy atom. The molecule has 19 heavy (non-hydrogen) atoms. The number of nitro benzene ring substituents is 1. The first-order valence-electron chi connectivity index (χ1n) is 5.28. The van der Waals surface area contributed by atoms with E-state index in [1.54, 1.807) is 12.1 Å². The number of halogens is 1. The molecule has 0 amide bonds. The number of pyridine rings is 1. The molecule has 0 aliphatic carbocycles. The van der Waals surface area contributed by atoms with Crippen LogP contribution in [-0.2, 0) is 6.61 Å². The quantitative estimate of drug-likeness (QED) is 0.690. The minimum atomic E-state index is -0.509. The van der Waals surface area contributed by atoms with Gasteiger partial charge >= 0.3 is 0 Å².